The van der Waals surface area contributed by atoms with Crippen LogP contribution < -0.4 is 10.6 Å². The molecule has 4 heteroatoms. The van der Waals surface area contributed by atoms with Gasteiger partial charge in [0.05, 0.1) is 6.54 Å². The summed E-state index contributed by atoms with van der Waals surface area (Å²) in [6.45, 7) is 2.36. The highest BCUT2D eigenvalue weighted by Crippen LogP contribution is 2.16. The average Bonchev–Trinajstić information content (AvgIpc) is 2.48. The Morgan fingerprint density at radius 2 is 1.80 bits per heavy atom. The Labute approximate surface area is 127 Å². The van der Waals surface area contributed by atoms with Crippen molar-refractivity contribution in [1.82, 2.24) is 0 Å². The number of para-hydroxylation sites is 1. The van der Waals surface area contributed by atoms with E-state index in [9.17, 15) is 4.79 Å². The van der Waals surface area contributed by atoms with E-state index in [1.54, 1.807) is 0 Å². The predicted octanol–water partition coefficient (Wildman–Crippen LogP) is 4.06. The SMILES string of the molecule is CCc1ccccc1NCC(=O)Nc1ccc(Br)cc1. The number of nitrogens with one attached hydrogen (secondary N) is 2. The molecule has 2 N–H and O–H groups in total. The first-order valence-electron chi connectivity index (χ1n) is 6.56. The number of amides is 1. The molecule has 0 unspecified atom stereocenters. The van der Waals surface area contributed by atoms with E-state index >= 15 is 0 Å². The van der Waals surface area contributed by atoms with Gasteiger partial charge in [0.15, 0.2) is 0 Å². The van der Waals surface area contributed by atoms with Gasteiger partial charge in [-0.15, -0.1) is 0 Å². The molecule has 0 saturated heterocycles. The normalized spacial score (nSPS) is 10.1. The molecular weight excluding hydrogens is 316 g/mol. The zero-order chi connectivity index (χ0) is 14.4. The molecule has 104 valence electrons. The fourth-order valence-electron chi connectivity index (χ4n) is 1.91. The van der Waals surface area contributed by atoms with Crippen LogP contribution >= 0.6 is 15.9 Å². The summed E-state index contributed by atoms with van der Waals surface area (Å²) in [7, 11) is 0. The quantitative estimate of drug-likeness (QED) is 0.866. The van der Waals surface area contributed by atoms with Gasteiger partial charge in [-0.25, -0.2) is 0 Å². The smallest absolute Gasteiger partial charge is 0.243 e. The van der Waals surface area contributed by atoms with E-state index in [1.807, 2.05) is 42.5 Å². The van der Waals surface area contributed by atoms with E-state index in [0.717, 1.165) is 22.3 Å². The van der Waals surface area contributed by atoms with Crippen molar-refractivity contribution in [2.75, 3.05) is 17.2 Å². The Kier molecular flexibility index (Phi) is 5.18. The van der Waals surface area contributed by atoms with Crippen LogP contribution in [0.4, 0.5) is 11.4 Å². The maximum atomic E-state index is 11.9. The van der Waals surface area contributed by atoms with Gasteiger partial charge in [-0.1, -0.05) is 41.1 Å². The summed E-state index contributed by atoms with van der Waals surface area (Å²) in [5.74, 6) is -0.0572. The Morgan fingerprint density at radius 1 is 1.10 bits per heavy atom. The van der Waals surface area contributed by atoms with Gasteiger partial charge in [-0.3, -0.25) is 4.79 Å². The van der Waals surface area contributed by atoms with Crippen molar-refractivity contribution in [3.8, 4) is 0 Å². The molecule has 0 aliphatic heterocycles. The second-order valence-corrected chi connectivity index (χ2v) is 5.33. The lowest BCUT2D eigenvalue weighted by atomic mass is 10.1. The van der Waals surface area contributed by atoms with Crippen LogP contribution in [0, 0.1) is 0 Å². The fraction of sp³-hybridized carbons (Fsp3) is 0.188. The monoisotopic (exact) mass is 332 g/mol. The lowest BCUT2D eigenvalue weighted by Gasteiger charge is -2.11. The lowest BCUT2D eigenvalue weighted by Crippen LogP contribution is -2.22. The first-order valence-corrected chi connectivity index (χ1v) is 7.35. The van der Waals surface area contributed by atoms with Crippen molar-refractivity contribution < 1.29 is 4.79 Å². The van der Waals surface area contributed by atoms with Crippen LogP contribution in [0.15, 0.2) is 53.0 Å². The minimum atomic E-state index is -0.0572. The molecule has 0 aromatic heterocycles. The van der Waals surface area contributed by atoms with Gasteiger partial charge in [0, 0.05) is 15.8 Å². The summed E-state index contributed by atoms with van der Waals surface area (Å²) in [5, 5.41) is 6.03. The van der Waals surface area contributed by atoms with Gasteiger partial charge in [0.2, 0.25) is 5.91 Å². The predicted molar refractivity (Wildman–Crippen MR) is 87.1 cm³/mol. The van der Waals surface area contributed by atoms with Crippen LogP contribution in [0.1, 0.15) is 12.5 Å². The Balaban J connectivity index is 1.90. The molecule has 0 saturated carbocycles. The summed E-state index contributed by atoms with van der Waals surface area (Å²) in [6, 6.07) is 15.6. The summed E-state index contributed by atoms with van der Waals surface area (Å²) in [5.41, 5.74) is 3.02. The van der Waals surface area contributed by atoms with E-state index < -0.39 is 0 Å². The molecule has 3 nitrogen and oxygen atoms in total. The van der Waals surface area contributed by atoms with Crippen molar-refractivity contribution in [3.05, 3.63) is 58.6 Å². The number of benzene rings is 2. The first kappa shape index (κ1) is 14.6. The van der Waals surface area contributed by atoms with Crippen LogP contribution in [-0.2, 0) is 11.2 Å². The summed E-state index contributed by atoms with van der Waals surface area (Å²) in [4.78, 5) is 11.9. The van der Waals surface area contributed by atoms with E-state index in [2.05, 4.69) is 39.6 Å². The van der Waals surface area contributed by atoms with Crippen LogP contribution in [0.5, 0.6) is 0 Å². The minimum absolute atomic E-state index is 0.0572. The van der Waals surface area contributed by atoms with Crippen molar-refractivity contribution in [1.29, 1.82) is 0 Å². The van der Waals surface area contributed by atoms with Crippen LogP contribution in [0.3, 0.4) is 0 Å². The van der Waals surface area contributed by atoms with Crippen molar-refractivity contribution in [2.45, 2.75) is 13.3 Å². The molecule has 2 aromatic carbocycles. The van der Waals surface area contributed by atoms with E-state index in [4.69, 9.17) is 0 Å². The molecule has 2 rings (SSSR count). The Bertz CT molecular complexity index is 581. The standard InChI is InChI=1S/C16H17BrN2O/c1-2-12-5-3-4-6-15(12)18-11-16(20)19-14-9-7-13(17)8-10-14/h3-10,18H,2,11H2,1H3,(H,19,20). The number of hydrogen-bond donors (Lipinski definition) is 2. The number of anilines is 2. The van der Waals surface area contributed by atoms with Gasteiger partial charge in [0.25, 0.3) is 0 Å². The second-order valence-electron chi connectivity index (χ2n) is 4.42. The number of halogens is 1. The number of carbonyl (C=O) groups excluding carboxylic acids is 1. The highest BCUT2D eigenvalue weighted by atomic mass is 79.9. The second kappa shape index (κ2) is 7.10. The molecule has 2 aromatic rings. The zero-order valence-electron chi connectivity index (χ0n) is 11.3. The summed E-state index contributed by atoms with van der Waals surface area (Å²) < 4.78 is 0.991. The van der Waals surface area contributed by atoms with Crippen LogP contribution in [0.2, 0.25) is 0 Å². The van der Waals surface area contributed by atoms with E-state index in [-0.39, 0.29) is 12.5 Å². The third-order valence-corrected chi connectivity index (χ3v) is 3.49. The molecule has 0 bridgehead atoms. The Hall–Kier alpha value is -1.81. The average molecular weight is 333 g/mol. The molecule has 20 heavy (non-hydrogen) atoms. The fourth-order valence-corrected chi connectivity index (χ4v) is 2.18. The van der Waals surface area contributed by atoms with Gasteiger partial charge in [-0.2, -0.15) is 0 Å². The summed E-state index contributed by atoms with van der Waals surface area (Å²) in [6.07, 6.45) is 0.942. The zero-order valence-corrected chi connectivity index (χ0v) is 12.9. The van der Waals surface area contributed by atoms with E-state index in [0.29, 0.717) is 0 Å². The summed E-state index contributed by atoms with van der Waals surface area (Å²) >= 11 is 3.36. The number of aryl methyl sites for hydroxylation is 1. The maximum Gasteiger partial charge on any atom is 0.243 e. The molecule has 0 aliphatic rings. The highest BCUT2D eigenvalue weighted by Gasteiger charge is 2.04. The maximum absolute atomic E-state index is 11.9. The third-order valence-electron chi connectivity index (χ3n) is 2.97. The molecule has 0 heterocycles. The van der Waals surface area contributed by atoms with Crippen LogP contribution in [-0.4, -0.2) is 12.5 Å². The van der Waals surface area contributed by atoms with E-state index in [1.165, 1.54) is 5.56 Å². The molecular formula is C16H17BrN2O. The number of carbonyl (C=O) groups is 1. The van der Waals surface area contributed by atoms with Gasteiger partial charge >= 0.3 is 0 Å². The topological polar surface area (TPSA) is 41.1 Å². The minimum Gasteiger partial charge on any atom is -0.376 e. The third kappa shape index (κ3) is 4.10. The van der Waals surface area contributed by atoms with Crippen molar-refractivity contribution in [2.24, 2.45) is 0 Å². The molecule has 0 atom stereocenters. The Morgan fingerprint density at radius 3 is 2.50 bits per heavy atom. The molecule has 0 aliphatic carbocycles. The van der Waals surface area contributed by atoms with Crippen LogP contribution in [0.25, 0.3) is 0 Å². The molecule has 0 fully saturated rings. The molecule has 0 radical (unpaired) electrons. The molecule has 0 spiro atoms. The highest BCUT2D eigenvalue weighted by molar-refractivity contribution is 9.10. The van der Waals surface area contributed by atoms with Gasteiger partial charge in [0.1, 0.15) is 0 Å². The van der Waals surface area contributed by atoms with Crippen molar-refractivity contribution >= 4 is 33.2 Å². The molecule has 1 amide bonds. The first-order chi connectivity index (χ1) is 9.69. The van der Waals surface area contributed by atoms with Crippen molar-refractivity contribution in [3.63, 3.8) is 0 Å². The number of rotatable bonds is 5. The lowest BCUT2D eigenvalue weighted by molar-refractivity contribution is -0.114. The largest absolute Gasteiger partial charge is 0.376 e. The van der Waals surface area contributed by atoms with Gasteiger partial charge < -0.3 is 10.6 Å². The van der Waals surface area contributed by atoms with Gasteiger partial charge in [-0.05, 0) is 42.3 Å². The number of hydrogen-bond acceptors (Lipinski definition) is 2.